The highest BCUT2D eigenvalue weighted by Crippen LogP contribution is 2.24. The molecule has 100 valence electrons. The Morgan fingerprint density at radius 2 is 2.22 bits per heavy atom. The molecule has 0 bridgehead atoms. The van der Waals surface area contributed by atoms with Crippen LogP contribution in [0.1, 0.15) is 44.4 Å². The van der Waals surface area contributed by atoms with Crippen LogP contribution in [0.5, 0.6) is 0 Å². The Kier molecular flexibility index (Phi) is 4.55. The summed E-state index contributed by atoms with van der Waals surface area (Å²) in [6, 6.07) is 4.05. The minimum absolute atomic E-state index is 0.193. The summed E-state index contributed by atoms with van der Waals surface area (Å²) in [6.45, 7) is 2.88. The van der Waals surface area contributed by atoms with Crippen molar-refractivity contribution in [3.05, 3.63) is 24.0 Å². The molecule has 2 rings (SSSR count). The molecule has 2 heterocycles. The fraction of sp³-hybridized carbons (Fsp3) is 0.643. The van der Waals surface area contributed by atoms with Crippen LogP contribution in [0.25, 0.3) is 0 Å². The van der Waals surface area contributed by atoms with Crippen molar-refractivity contribution in [3.63, 3.8) is 0 Å². The van der Waals surface area contributed by atoms with Crippen LogP contribution in [0.2, 0.25) is 0 Å². The quantitative estimate of drug-likeness (QED) is 0.860. The highest BCUT2D eigenvalue weighted by atomic mass is 16.3. The van der Waals surface area contributed by atoms with Crippen molar-refractivity contribution in [2.24, 2.45) is 0 Å². The Bertz CT molecular complexity index is 365. The van der Waals surface area contributed by atoms with Gasteiger partial charge in [0.25, 0.3) is 0 Å². The van der Waals surface area contributed by atoms with Crippen LogP contribution in [-0.2, 0) is 0 Å². The van der Waals surface area contributed by atoms with Crippen molar-refractivity contribution >= 4 is 5.69 Å². The van der Waals surface area contributed by atoms with E-state index >= 15 is 0 Å². The molecule has 2 unspecified atom stereocenters. The Morgan fingerprint density at radius 1 is 1.39 bits per heavy atom. The Hall–Kier alpha value is -1.13. The van der Waals surface area contributed by atoms with E-state index in [9.17, 15) is 10.2 Å². The van der Waals surface area contributed by atoms with Crippen LogP contribution in [0.4, 0.5) is 5.69 Å². The van der Waals surface area contributed by atoms with Crippen molar-refractivity contribution in [2.45, 2.75) is 44.8 Å². The predicted molar refractivity (Wildman–Crippen MR) is 71.6 cm³/mol. The van der Waals surface area contributed by atoms with Crippen molar-refractivity contribution in [1.82, 2.24) is 4.98 Å². The second-order valence-corrected chi connectivity index (χ2v) is 5.00. The first-order chi connectivity index (χ1) is 8.72. The summed E-state index contributed by atoms with van der Waals surface area (Å²) >= 11 is 0. The predicted octanol–water partition coefficient (Wildman–Crippen LogP) is 1.88. The van der Waals surface area contributed by atoms with E-state index in [1.54, 1.807) is 13.1 Å². The maximum Gasteiger partial charge on any atom is 0.0931 e. The van der Waals surface area contributed by atoms with Gasteiger partial charge in [-0.1, -0.05) is 12.8 Å². The zero-order valence-corrected chi connectivity index (χ0v) is 10.9. The summed E-state index contributed by atoms with van der Waals surface area (Å²) in [7, 11) is 0. The largest absolute Gasteiger partial charge is 0.394 e. The lowest BCUT2D eigenvalue weighted by Crippen LogP contribution is -2.37. The number of anilines is 1. The van der Waals surface area contributed by atoms with Crippen molar-refractivity contribution in [2.75, 3.05) is 18.1 Å². The number of aromatic nitrogens is 1. The maximum atomic E-state index is 9.49. The lowest BCUT2D eigenvalue weighted by molar-refractivity contribution is 0.194. The molecule has 0 saturated carbocycles. The first kappa shape index (κ1) is 13.3. The van der Waals surface area contributed by atoms with Gasteiger partial charge in [-0.15, -0.1) is 0 Å². The average Bonchev–Trinajstić information content (AvgIpc) is 2.63. The van der Waals surface area contributed by atoms with Crippen LogP contribution in [0, 0.1) is 0 Å². The Morgan fingerprint density at radius 3 is 2.83 bits per heavy atom. The van der Waals surface area contributed by atoms with Gasteiger partial charge in [0.05, 0.1) is 36.3 Å². The molecule has 0 radical (unpaired) electrons. The van der Waals surface area contributed by atoms with E-state index in [0.717, 1.165) is 25.1 Å². The van der Waals surface area contributed by atoms with Gasteiger partial charge in [-0.3, -0.25) is 4.98 Å². The minimum atomic E-state index is -0.531. The topological polar surface area (TPSA) is 56.6 Å². The van der Waals surface area contributed by atoms with E-state index < -0.39 is 6.10 Å². The molecule has 1 fully saturated rings. The number of hydrogen-bond donors (Lipinski definition) is 2. The van der Waals surface area contributed by atoms with Crippen molar-refractivity contribution in [1.29, 1.82) is 0 Å². The molecule has 1 aliphatic rings. The molecule has 0 spiro atoms. The number of pyridine rings is 1. The number of nitrogens with zero attached hydrogens (tertiary/aromatic N) is 2. The fourth-order valence-corrected chi connectivity index (χ4v) is 2.52. The molecule has 0 aliphatic carbocycles. The molecule has 1 aromatic heterocycles. The highest BCUT2D eigenvalue weighted by Gasteiger charge is 2.20. The molecule has 4 heteroatoms. The highest BCUT2D eigenvalue weighted by molar-refractivity contribution is 5.46. The second kappa shape index (κ2) is 6.16. The van der Waals surface area contributed by atoms with E-state index in [2.05, 4.69) is 9.88 Å². The zero-order chi connectivity index (χ0) is 13.0. The monoisotopic (exact) mass is 250 g/mol. The smallest absolute Gasteiger partial charge is 0.0931 e. The number of rotatable bonds is 3. The average molecular weight is 250 g/mol. The van der Waals surface area contributed by atoms with E-state index in [1.807, 2.05) is 12.1 Å². The third-order valence-corrected chi connectivity index (χ3v) is 3.62. The normalized spacial score (nSPS) is 22.6. The van der Waals surface area contributed by atoms with Crippen LogP contribution >= 0.6 is 0 Å². The summed E-state index contributed by atoms with van der Waals surface area (Å²) < 4.78 is 0. The van der Waals surface area contributed by atoms with Crippen LogP contribution < -0.4 is 4.90 Å². The van der Waals surface area contributed by atoms with Gasteiger partial charge < -0.3 is 15.1 Å². The summed E-state index contributed by atoms with van der Waals surface area (Å²) in [5.41, 5.74) is 1.73. The van der Waals surface area contributed by atoms with Gasteiger partial charge in [-0.05, 0) is 31.9 Å². The van der Waals surface area contributed by atoms with E-state index in [-0.39, 0.29) is 12.6 Å². The van der Waals surface area contributed by atoms with Crippen LogP contribution in [0.3, 0.4) is 0 Å². The molecule has 2 N–H and O–H groups in total. The van der Waals surface area contributed by atoms with Gasteiger partial charge in [0.2, 0.25) is 0 Å². The van der Waals surface area contributed by atoms with Gasteiger partial charge in [0, 0.05) is 6.54 Å². The SMILES string of the molecule is CC(O)c1ccc(N2CCCCCC2CO)cn1. The van der Waals surface area contributed by atoms with Crippen LogP contribution in [0.15, 0.2) is 18.3 Å². The number of aliphatic hydroxyl groups is 2. The molecule has 1 aliphatic heterocycles. The van der Waals surface area contributed by atoms with Gasteiger partial charge >= 0.3 is 0 Å². The molecule has 0 amide bonds. The zero-order valence-electron chi connectivity index (χ0n) is 10.9. The van der Waals surface area contributed by atoms with Gasteiger partial charge in [0.1, 0.15) is 0 Å². The lowest BCUT2D eigenvalue weighted by Gasteiger charge is -2.30. The molecular formula is C14H22N2O2. The first-order valence-electron chi connectivity index (χ1n) is 6.74. The van der Waals surface area contributed by atoms with Gasteiger partial charge in [-0.2, -0.15) is 0 Å². The molecule has 1 saturated heterocycles. The van der Waals surface area contributed by atoms with Crippen LogP contribution in [-0.4, -0.2) is 34.4 Å². The standard InChI is InChI=1S/C14H22N2O2/c1-11(18)14-7-6-12(9-15-14)16-8-4-2-3-5-13(16)10-17/h6-7,9,11,13,17-18H,2-5,8,10H2,1H3. The molecular weight excluding hydrogens is 228 g/mol. The minimum Gasteiger partial charge on any atom is -0.394 e. The summed E-state index contributed by atoms with van der Waals surface area (Å²) in [4.78, 5) is 6.52. The second-order valence-electron chi connectivity index (χ2n) is 5.00. The van der Waals surface area contributed by atoms with Gasteiger partial charge in [-0.25, -0.2) is 0 Å². The molecule has 1 aromatic rings. The third kappa shape index (κ3) is 3.00. The molecule has 18 heavy (non-hydrogen) atoms. The van der Waals surface area contributed by atoms with Gasteiger partial charge in [0.15, 0.2) is 0 Å². The maximum absolute atomic E-state index is 9.49. The third-order valence-electron chi connectivity index (χ3n) is 3.62. The summed E-state index contributed by atoms with van der Waals surface area (Å²) in [5.74, 6) is 0. The molecule has 4 nitrogen and oxygen atoms in total. The summed E-state index contributed by atoms with van der Waals surface area (Å²) in [6.07, 6.45) is 5.88. The molecule has 2 atom stereocenters. The first-order valence-corrected chi connectivity index (χ1v) is 6.74. The van der Waals surface area contributed by atoms with E-state index in [4.69, 9.17) is 0 Å². The fourth-order valence-electron chi connectivity index (χ4n) is 2.52. The Labute approximate surface area is 108 Å². The van der Waals surface area contributed by atoms with E-state index in [1.165, 1.54) is 12.8 Å². The summed E-state index contributed by atoms with van der Waals surface area (Å²) in [5, 5.41) is 18.9. The van der Waals surface area contributed by atoms with Crippen molar-refractivity contribution in [3.8, 4) is 0 Å². The number of aliphatic hydroxyl groups excluding tert-OH is 2. The lowest BCUT2D eigenvalue weighted by atomic mass is 10.1. The molecule has 0 aromatic carbocycles. The number of hydrogen-bond acceptors (Lipinski definition) is 4. The van der Waals surface area contributed by atoms with Crippen molar-refractivity contribution < 1.29 is 10.2 Å². The Balaban J connectivity index is 2.16. The van der Waals surface area contributed by atoms with E-state index in [0.29, 0.717) is 5.69 Å².